The zero-order valence-electron chi connectivity index (χ0n) is 7.10. The maximum absolute atomic E-state index is 13.1. The van der Waals surface area contributed by atoms with Gasteiger partial charge in [-0.05, 0) is 34.1 Å². The van der Waals surface area contributed by atoms with E-state index in [9.17, 15) is 4.39 Å². The van der Waals surface area contributed by atoms with Gasteiger partial charge in [0.1, 0.15) is 5.82 Å². The summed E-state index contributed by atoms with van der Waals surface area (Å²) in [7, 11) is 0. The van der Waals surface area contributed by atoms with E-state index >= 15 is 0 Å². The van der Waals surface area contributed by atoms with Crippen molar-refractivity contribution in [3.8, 4) is 0 Å². The summed E-state index contributed by atoms with van der Waals surface area (Å²) >= 11 is 6.46. The van der Waals surface area contributed by atoms with Gasteiger partial charge in [-0.3, -0.25) is 4.98 Å². The molecule has 0 saturated carbocycles. The lowest BCUT2D eigenvalue weighted by atomic mass is 10.2. The van der Waals surface area contributed by atoms with Crippen LogP contribution in [0, 0.1) is 5.82 Å². The predicted molar refractivity (Wildman–Crippen MR) is 62.0 cm³/mol. The van der Waals surface area contributed by atoms with Crippen LogP contribution >= 0.6 is 31.9 Å². The fraction of sp³-hybridized carbons (Fsp3) is 0.100. The van der Waals surface area contributed by atoms with Crippen LogP contribution in [-0.2, 0) is 5.33 Å². The number of hydrogen-bond donors (Lipinski definition) is 0. The molecule has 72 valence electrons. The first-order valence-electron chi connectivity index (χ1n) is 4.01. The summed E-state index contributed by atoms with van der Waals surface area (Å²) < 4.78 is 13.6. The highest BCUT2D eigenvalue weighted by Gasteiger charge is 2.03. The molecule has 0 amide bonds. The molecule has 0 spiro atoms. The molecule has 2 aromatic rings. The number of halogens is 3. The highest BCUT2D eigenvalue weighted by Crippen LogP contribution is 2.22. The van der Waals surface area contributed by atoms with Gasteiger partial charge in [0.15, 0.2) is 0 Å². The predicted octanol–water partition coefficient (Wildman–Crippen LogP) is 4.03. The summed E-state index contributed by atoms with van der Waals surface area (Å²) in [6, 6.07) is 6.92. The molecule has 0 aliphatic heterocycles. The molecule has 2 rings (SSSR count). The van der Waals surface area contributed by atoms with Crippen LogP contribution in [0.25, 0.3) is 10.9 Å². The Morgan fingerprint density at radius 3 is 2.79 bits per heavy atom. The van der Waals surface area contributed by atoms with Gasteiger partial charge in [0.2, 0.25) is 0 Å². The van der Waals surface area contributed by atoms with Crippen LogP contribution in [0.1, 0.15) is 5.69 Å². The summed E-state index contributed by atoms with van der Waals surface area (Å²) in [6.07, 6.45) is 0. The molecular weight excluding hydrogens is 313 g/mol. The van der Waals surface area contributed by atoms with E-state index in [4.69, 9.17) is 0 Å². The van der Waals surface area contributed by atoms with Crippen LogP contribution in [0.3, 0.4) is 0 Å². The van der Waals surface area contributed by atoms with Crippen molar-refractivity contribution in [2.75, 3.05) is 0 Å². The minimum atomic E-state index is -0.258. The highest BCUT2D eigenvalue weighted by molar-refractivity contribution is 9.10. The zero-order valence-corrected chi connectivity index (χ0v) is 10.3. The van der Waals surface area contributed by atoms with Crippen molar-refractivity contribution in [3.63, 3.8) is 0 Å². The van der Waals surface area contributed by atoms with Gasteiger partial charge >= 0.3 is 0 Å². The van der Waals surface area contributed by atoms with E-state index in [0.717, 1.165) is 16.6 Å². The van der Waals surface area contributed by atoms with E-state index in [0.29, 0.717) is 9.80 Å². The standard InChI is InChI=1S/C10H6Br2FN/c11-5-7-2-1-6-3-9(13)8(12)4-10(6)14-7/h1-4H,5H2. The molecular formula is C10H6Br2FN. The summed E-state index contributed by atoms with van der Waals surface area (Å²) in [4.78, 5) is 4.35. The summed E-state index contributed by atoms with van der Waals surface area (Å²) in [5.74, 6) is -0.258. The molecule has 14 heavy (non-hydrogen) atoms. The van der Waals surface area contributed by atoms with Crippen LogP contribution in [0.15, 0.2) is 28.7 Å². The van der Waals surface area contributed by atoms with E-state index in [1.165, 1.54) is 6.07 Å². The fourth-order valence-electron chi connectivity index (χ4n) is 1.23. The van der Waals surface area contributed by atoms with Gasteiger partial charge in [-0.15, -0.1) is 0 Å². The molecule has 0 atom stereocenters. The van der Waals surface area contributed by atoms with Crippen LogP contribution in [-0.4, -0.2) is 4.98 Å². The molecule has 0 bridgehead atoms. The summed E-state index contributed by atoms with van der Waals surface area (Å²) in [5, 5.41) is 1.52. The van der Waals surface area contributed by atoms with E-state index < -0.39 is 0 Å². The van der Waals surface area contributed by atoms with Gasteiger partial charge in [0, 0.05) is 10.7 Å². The third kappa shape index (κ3) is 1.81. The lowest BCUT2D eigenvalue weighted by Gasteiger charge is -2.01. The second-order valence-corrected chi connectivity index (χ2v) is 4.31. The van der Waals surface area contributed by atoms with Crippen LogP contribution in [0.4, 0.5) is 4.39 Å². The topological polar surface area (TPSA) is 12.9 Å². The molecule has 4 heteroatoms. The first-order valence-corrected chi connectivity index (χ1v) is 5.93. The largest absolute Gasteiger partial charge is 0.252 e. The number of hydrogen-bond acceptors (Lipinski definition) is 1. The van der Waals surface area contributed by atoms with Gasteiger partial charge in [-0.2, -0.15) is 0 Å². The first kappa shape index (κ1) is 10.1. The molecule has 0 aliphatic rings. The van der Waals surface area contributed by atoms with Crippen molar-refractivity contribution in [3.05, 3.63) is 40.2 Å². The van der Waals surface area contributed by atoms with E-state index in [1.54, 1.807) is 6.07 Å². The van der Waals surface area contributed by atoms with Crippen molar-refractivity contribution in [2.45, 2.75) is 5.33 Å². The fourth-order valence-corrected chi connectivity index (χ4v) is 1.88. The normalized spacial score (nSPS) is 10.8. The number of fused-ring (bicyclic) bond motifs is 1. The number of alkyl halides is 1. The van der Waals surface area contributed by atoms with E-state index in [1.807, 2.05) is 12.1 Å². The SMILES string of the molecule is Fc1cc2ccc(CBr)nc2cc1Br. The smallest absolute Gasteiger partial charge is 0.138 e. The molecule has 0 fully saturated rings. The maximum Gasteiger partial charge on any atom is 0.138 e. The molecule has 1 aromatic heterocycles. The minimum Gasteiger partial charge on any atom is -0.252 e. The van der Waals surface area contributed by atoms with Gasteiger partial charge in [0.25, 0.3) is 0 Å². The first-order chi connectivity index (χ1) is 6.70. The highest BCUT2D eigenvalue weighted by atomic mass is 79.9. The molecule has 0 radical (unpaired) electrons. The Labute approximate surface area is 97.6 Å². The number of pyridine rings is 1. The third-order valence-electron chi connectivity index (χ3n) is 1.93. The number of benzene rings is 1. The van der Waals surface area contributed by atoms with Crippen LogP contribution < -0.4 is 0 Å². The Hall–Kier alpha value is -0.480. The quantitative estimate of drug-likeness (QED) is 0.723. The van der Waals surface area contributed by atoms with Gasteiger partial charge < -0.3 is 0 Å². The van der Waals surface area contributed by atoms with Crippen molar-refractivity contribution < 1.29 is 4.39 Å². The van der Waals surface area contributed by atoms with Gasteiger partial charge in [-0.1, -0.05) is 22.0 Å². The van der Waals surface area contributed by atoms with Crippen molar-refractivity contribution >= 4 is 42.8 Å². The van der Waals surface area contributed by atoms with Crippen LogP contribution in [0.5, 0.6) is 0 Å². The molecule has 0 aliphatic carbocycles. The molecule has 0 N–H and O–H groups in total. The molecule has 1 nitrogen and oxygen atoms in total. The third-order valence-corrected chi connectivity index (χ3v) is 3.11. The molecule has 1 heterocycles. The number of rotatable bonds is 1. The van der Waals surface area contributed by atoms with Crippen molar-refractivity contribution in [1.29, 1.82) is 0 Å². The molecule has 0 unspecified atom stereocenters. The van der Waals surface area contributed by atoms with Gasteiger partial charge in [-0.25, -0.2) is 4.39 Å². The van der Waals surface area contributed by atoms with Crippen molar-refractivity contribution in [2.24, 2.45) is 0 Å². The van der Waals surface area contributed by atoms with E-state index in [2.05, 4.69) is 36.8 Å². The average Bonchev–Trinajstić information content (AvgIpc) is 2.19. The Morgan fingerprint density at radius 1 is 1.29 bits per heavy atom. The zero-order chi connectivity index (χ0) is 10.1. The summed E-state index contributed by atoms with van der Waals surface area (Å²) in [5.41, 5.74) is 1.74. The minimum absolute atomic E-state index is 0.258. The Balaban J connectivity index is 2.70. The van der Waals surface area contributed by atoms with Gasteiger partial charge in [0.05, 0.1) is 15.7 Å². The maximum atomic E-state index is 13.1. The number of nitrogens with zero attached hydrogens (tertiary/aromatic N) is 1. The lowest BCUT2D eigenvalue weighted by Crippen LogP contribution is -1.87. The second kappa shape index (κ2) is 3.95. The van der Waals surface area contributed by atoms with E-state index in [-0.39, 0.29) is 5.82 Å². The summed E-state index contributed by atoms with van der Waals surface area (Å²) in [6.45, 7) is 0. The second-order valence-electron chi connectivity index (χ2n) is 2.90. The van der Waals surface area contributed by atoms with Crippen LogP contribution in [0.2, 0.25) is 0 Å². The molecule has 1 aromatic carbocycles. The Kier molecular flexibility index (Phi) is 2.83. The average molecular weight is 319 g/mol. The molecule has 0 saturated heterocycles. The Bertz CT molecular complexity index is 485. The monoisotopic (exact) mass is 317 g/mol. The number of aromatic nitrogens is 1. The Morgan fingerprint density at radius 2 is 2.07 bits per heavy atom. The van der Waals surface area contributed by atoms with Crippen molar-refractivity contribution in [1.82, 2.24) is 4.98 Å². The lowest BCUT2D eigenvalue weighted by molar-refractivity contribution is 0.623.